The van der Waals surface area contributed by atoms with Crippen LogP contribution in [-0.4, -0.2) is 25.1 Å². The third kappa shape index (κ3) is 3.27. The molecule has 0 bridgehead atoms. The summed E-state index contributed by atoms with van der Waals surface area (Å²) < 4.78 is 0. The van der Waals surface area contributed by atoms with Crippen LogP contribution >= 0.6 is 0 Å². The smallest absolute Gasteiger partial charge is 0.129 e. The molecule has 1 aliphatic rings. The maximum absolute atomic E-state index is 4.86. The number of pyridine rings is 1. The number of hydrogen-bond acceptors (Lipinski definition) is 3. The molecule has 1 aromatic heterocycles. The lowest BCUT2D eigenvalue weighted by Gasteiger charge is -2.20. The third-order valence-electron chi connectivity index (χ3n) is 4.18. The second kappa shape index (κ2) is 5.91. The van der Waals surface area contributed by atoms with Crippen molar-refractivity contribution < 1.29 is 0 Å². The summed E-state index contributed by atoms with van der Waals surface area (Å²) in [6.07, 6.45) is 0. The van der Waals surface area contributed by atoms with Gasteiger partial charge in [-0.25, -0.2) is 4.98 Å². The molecule has 0 saturated carbocycles. The summed E-state index contributed by atoms with van der Waals surface area (Å²) in [5.41, 5.74) is 2.54. The minimum absolute atomic E-state index is 0.480. The van der Waals surface area contributed by atoms with Gasteiger partial charge in [-0.05, 0) is 42.5 Å². The minimum atomic E-state index is 0.480. The maximum atomic E-state index is 4.86. The van der Waals surface area contributed by atoms with Crippen molar-refractivity contribution in [2.45, 2.75) is 40.2 Å². The van der Waals surface area contributed by atoms with Gasteiger partial charge in [0.2, 0.25) is 0 Å². The van der Waals surface area contributed by atoms with E-state index in [1.54, 1.807) is 0 Å². The fraction of sp³-hybridized carbons (Fsp3) is 0.688. The summed E-state index contributed by atoms with van der Waals surface area (Å²) in [4.78, 5) is 7.31. The molecule has 1 aromatic rings. The van der Waals surface area contributed by atoms with Crippen LogP contribution in [0.4, 0.5) is 5.82 Å². The molecule has 0 radical (unpaired) electrons. The highest BCUT2D eigenvalue weighted by molar-refractivity contribution is 5.44. The highest BCUT2D eigenvalue weighted by Crippen LogP contribution is 2.28. The van der Waals surface area contributed by atoms with E-state index in [-0.39, 0.29) is 0 Å². The number of hydrogen-bond donors (Lipinski definition) is 1. The Hall–Kier alpha value is -1.09. The molecule has 2 heterocycles. The van der Waals surface area contributed by atoms with Crippen molar-refractivity contribution in [2.75, 3.05) is 25.0 Å². The van der Waals surface area contributed by atoms with E-state index in [4.69, 9.17) is 4.98 Å². The maximum Gasteiger partial charge on any atom is 0.129 e. The summed E-state index contributed by atoms with van der Waals surface area (Å²) in [5, 5.41) is 3.24. The molecule has 106 valence electrons. The van der Waals surface area contributed by atoms with E-state index in [1.807, 2.05) is 7.05 Å². The molecule has 2 atom stereocenters. The van der Waals surface area contributed by atoms with Gasteiger partial charge < -0.3 is 10.2 Å². The summed E-state index contributed by atoms with van der Waals surface area (Å²) >= 11 is 0. The molecule has 1 aliphatic heterocycles. The van der Waals surface area contributed by atoms with Crippen LogP contribution in [-0.2, 0) is 6.54 Å². The van der Waals surface area contributed by atoms with E-state index in [9.17, 15) is 0 Å². The number of nitrogens with one attached hydrogen (secondary N) is 1. The molecular formula is C16H27N3. The van der Waals surface area contributed by atoms with Crippen LogP contribution in [0, 0.1) is 11.8 Å². The Morgan fingerprint density at radius 1 is 1.26 bits per heavy atom. The summed E-state index contributed by atoms with van der Waals surface area (Å²) in [6, 6.07) is 4.47. The summed E-state index contributed by atoms with van der Waals surface area (Å²) in [7, 11) is 2.00. The number of aromatic nitrogens is 1. The molecule has 3 heteroatoms. The number of anilines is 1. The van der Waals surface area contributed by atoms with Crippen molar-refractivity contribution in [2.24, 2.45) is 11.8 Å². The Labute approximate surface area is 117 Å². The van der Waals surface area contributed by atoms with Gasteiger partial charge in [0.25, 0.3) is 0 Å². The van der Waals surface area contributed by atoms with Crippen molar-refractivity contribution >= 4 is 5.82 Å². The van der Waals surface area contributed by atoms with Crippen LogP contribution in [0.1, 0.15) is 44.9 Å². The Morgan fingerprint density at radius 2 is 1.89 bits per heavy atom. The molecule has 0 spiro atoms. The Morgan fingerprint density at radius 3 is 2.42 bits per heavy atom. The molecule has 1 N–H and O–H groups in total. The Balaban J connectivity index is 2.28. The average Bonchev–Trinajstić information content (AvgIpc) is 2.70. The van der Waals surface area contributed by atoms with E-state index >= 15 is 0 Å². The zero-order valence-corrected chi connectivity index (χ0v) is 12.9. The lowest BCUT2D eigenvalue weighted by molar-refractivity contribution is 0.494. The summed E-state index contributed by atoms with van der Waals surface area (Å²) in [6.45, 7) is 12.3. The van der Waals surface area contributed by atoms with Crippen molar-refractivity contribution in [3.8, 4) is 0 Å². The lowest BCUT2D eigenvalue weighted by Crippen LogP contribution is -2.22. The van der Waals surface area contributed by atoms with Gasteiger partial charge in [0.15, 0.2) is 0 Å². The molecule has 0 aromatic carbocycles. The summed E-state index contributed by atoms with van der Waals surface area (Å²) in [5.74, 6) is 3.16. The van der Waals surface area contributed by atoms with Gasteiger partial charge in [-0.15, -0.1) is 0 Å². The van der Waals surface area contributed by atoms with Gasteiger partial charge in [0, 0.05) is 25.3 Å². The second-order valence-electron chi connectivity index (χ2n) is 6.30. The second-order valence-corrected chi connectivity index (χ2v) is 6.30. The molecule has 2 rings (SSSR count). The van der Waals surface area contributed by atoms with Crippen LogP contribution in [0.15, 0.2) is 12.1 Å². The highest BCUT2D eigenvalue weighted by atomic mass is 15.2. The van der Waals surface area contributed by atoms with Crippen LogP contribution < -0.4 is 10.2 Å². The van der Waals surface area contributed by atoms with Crippen LogP contribution in [0.5, 0.6) is 0 Å². The predicted octanol–water partition coefficient (Wildman–Crippen LogP) is 3.02. The van der Waals surface area contributed by atoms with Crippen molar-refractivity contribution in [3.63, 3.8) is 0 Å². The molecule has 1 saturated heterocycles. The van der Waals surface area contributed by atoms with Gasteiger partial charge >= 0.3 is 0 Å². The van der Waals surface area contributed by atoms with E-state index in [0.717, 1.165) is 37.3 Å². The minimum Gasteiger partial charge on any atom is -0.356 e. The molecule has 3 nitrogen and oxygen atoms in total. The Bertz CT molecular complexity index is 418. The molecule has 2 unspecified atom stereocenters. The van der Waals surface area contributed by atoms with Crippen LogP contribution in [0.2, 0.25) is 0 Å². The van der Waals surface area contributed by atoms with E-state index in [0.29, 0.717) is 5.92 Å². The lowest BCUT2D eigenvalue weighted by atomic mass is 10.0. The van der Waals surface area contributed by atoms with E-state index < -0.39 is 0 Å². The first kappa shape index (κ1) is 14.3. The molecule has 0 amide bonds. The van der Waals surface area contributed by atoms with Gasteiger partial charge in [-0.1, -0.05) is 27.7 Å². The molecule has 1 fully saturated rings. The third-order valence-corrected chi connectivity index (χ3v) is 4.18. The number of nitrogens with zero attached hydrogens (tertiary/aromatic N) is 2. The van der Waals surface area contributed by atoms with Crippen molar-refractivity contribution in [1.82, 2.24) is 10.3 Å². The van der Waals surface area contributed by atoms with Crippen LogP contribution in [0.25, 0.3) is 0 Å². The first-order chi connectivity index (χ1) is 9.01. The van der Waals surface area contributed by atoms with Gasteiger partial charge in [0.05, 0.1) is 0 Å². The quantitative estimate of drug-likeness (QED) is 0.903. The normalized spacial score (nSPS) is 23.4. The average molecular weight is 261 g/mol. The first-order valence-electron chi connectivity index (χ1n) is 7.41. The molecule has 19 heavy (non-hydrogen) atoms. The SMILES string of the molecule is CNCc1cc(C(C)C)nc(N2CC(C)C(C)C2)c1. The topological polar surface area (TPSA) is 28.2 Å². The predicted molar refractivity (Wildman–Crippen MR) is 81.6 cm³/mol. The zero-order chi connectivity index (χ0) is 14.0. The fourth-order valence-electron chi connectivity index (χ4n) is 2.67. The van der Waals surface area contributed by atoms with Gasteiger partial charge in [-0.3, -0.25) is 0 Å². The Kier molecular flexibility index (Phi) is 4.46. The van der Waals surface area contributed by atoms with Crippen molar-refractivity contribution in [1.29, 1.82) is 0 Å². The molecule has 0 aliphatic carbocycles. The van der Waals surface area contributed by atoms with E-state index in [1.165, 1.54) is 11.3 Å². The fourth-order valence-corrected chi connectivity index (χ4v) is 2.67. The van der Waals surface area contributed by atoms with Gasteiger partial charge in [-0.2, -0.15) is 0 Å². The van der Waals surface area contributed by atoms with E-state index in [2.05, 4.69) is 50.0 Å². The number of rotatable bonds is 4. The zero-order valence-electron chi connectivity index (χ0n) is 12.9. The van der Waals surface area contributed by atoms with Gasteiger partial charge in [0.1, 0.15) is 5.82 Å². The highest BCUT2D eigenvalue weighted by Gasteiger charge is 2.27. The van der Waals surface area contributed by atoms with Crippen molar-refractivity contribution in [3.05, 3.63) is 23.4 Å². The van der Waals surface area contributed by atoms with Crippen LogP contribution in [0.3, 0.4) is 0 Å². The molecular weight excluding hydrogens is 234 g/mol. The standard InChI is InChI=1S/C16H27N3/c1-11(2)15-6-14(8-17-5)7-16(18-15)19-9-12(3)13(4)10-19/h6-7,11-13,17H,8-10H2,1-5H3. The monoisotopic (exact) mass is 261 g/mol. The largest absolute Gasteiger partial charge is 0.356 e. The first-order valence-corrected chi connectivity index (χ1v) is 7.41.